The van der Waals surface area contributed by atoms with Gasteiger partial charge < -0.3 is 10.1 Å². The molecular weight excluding hydrogens is 314 g/mol. The molecule has 2 N–H and O–H groups in total. The summed E-state index contributed by atoms with van der Waals surface area (Å²) in [4.78, 5) is 40.3. The minimum absolute atomic E-state index is 0.0462. The van der Waals surface area contributed by atoms with Crippen molar-refractivity contribution in [1.82, 2.24) is 15.3 Å². The average molecular weight is 322 g/mol. The summed E-state index contributed by atoms with van der Waals surface area (Å²) in [6, 6.07) is 5.34. The van der Waals surface area contributed by atoms with Gasteiger partial charge in [0, 0.05) is 0 Å². The Kier molecular flexibility index (Phi) is 4.59. The smallest absolute Gasteiger partial charge is 0.358 e. The Bertz CT molecular complexity index is 735. The van der Waals surface area contributed by atoms with Gasteiger partial charge >= 0.3 is 11.8 Å². The maximum absolute atomic E-state index is 11.8. The first-order valence-corrected chi connectivity index (χ1v) is 6.18. The number of imide groups is 1. The van der Waals surface area contributed by atoms with Gasteiger partial charge in [0.05, 0.1) is 10.6 Å². The Hall–Kier alpha value is -3.07. The Balaban J connectivity index is 1.99. The van der Waals surface area contributed by atoms with E-state index >= 15 is 0 Å². The largest absolute Gasteiger partial charge is 0.382 e. The molecule has 3 amide bonds. The Labute approximate surface area is 128 Å². The number of hydrogen-bond donors (Lipinski definition) is 2. The van der Waals surface area contributed by atoms with Crippen LogP contribution in [0.2, 0.25) is 5.02 Å². The van der Waals surface area contributed by atoms with Crippen molar-refractivity contribution in [2.45, 2.75) is 0 Å². The molecule has 0 radical (unpaired) electrons. The van der Waals surface area contributed by atoms with Gasteiger partial charge in [-0.05, 0) is 22.0 Å². The van der Waals surface area contributed by atoms with Crippen molar-refractivity contribution >= 4 is 35.2 Å². The summed E-state index contributed by atoms with van der Waals surface area (Å²) in [6.07, 6.45) is 1.88. The number of urea groups is 1. The second-order valence-corrected chi connectivity index (χ2v) is 4.31. The van der Waals surface area contributed by atoms with Gasteiger partial charge in [-0.3, -0.25) is 15.4 Å². The van der Waals surface area contributed by atoms with E-state index in [4.69, 9.17) is 11.6 Å². The van der Waals surface area contributed by atoms with E-state index in [1.54, 1.807) is 12.1 Å². The number of nitrogens with one attached hydrogen (secondary N) is 2. The van der Waals surface area contributed by atoms with Gasteiger partial charge in [-0.15, -0.1) is 0 Å². The minimum atomic E-state index is -0.868. The maximum atomic E-state index is 11.8. The summed E-state index contributed by atoms with van der Waals surface area (Å²) in [6.45, 7) is 0. The van der Waals surface area contributed by atoms with Crippen molar-refractivity contribution in [1.29, 1.82) is 0 Å². The third-order valence-electron chi connectivity index (χ3n) is 2.41. The number of amides is 3. The van der Waals surface area contributed by atoms with Gasteiger partial charge in [0.25, 0.3) is 5.91 Å². The predicted molar refractivity (Wildman–Crippen MR) is 76.6 cm³/mol. The van der Waals surface area contributed by atoms with Crippen molar-refractivity contribution in [2.75, 3.05) is 5.32 Å². The monoisotopic (exact) mass is 321 g/mol. The van der Waals surface area contributed by atoms with Gasteiger partial charge in [0.15, 0.2) is 12.0 Å². The molecule has 1 aromatic carbocycles. The number of nitrogens with zero attached hydrogens (tertiary/aromatic N) is 3. The highest BCUT2D eigenvalue weighted by atomic mass is 35.5. The molecule has 10 heteroatoms. The third kappa shape index (κ3) is 3.73. The zero-order valence-corrected chi connectivity index (χ0v) is 11.6. The van der Waals surface area contributed by atoms with Gasteiger partial charge in [0.1, 0.15) is 6.20 Å². The first-order valence-electron chi connectivity index (χ1n) is 5.80. The Morgan fingerprint density at radius 1 is 1.18 bits per heavy atom. The lowest BCUT2D eigenvalue weighted by Crippen LogP contribution is -2.34. The normalized spacial score (nSPS) is 9.86. The van der Waals surface area contributed by atoms with Crippen LogP contribution in [0.3, 0.4) is 0 Å². The van der Waals surface area contributed by atoms with E-state index in [0.717, 1.165) is 12.4 Å². The van der Waals surface area contributed by atoms with Crippen molar-refractivity contribution < 1.29 is 14.5 Å². The number of rotatable bonds is 3. The van der Waals surface area contributed by atoms with Crippen LogP contribution in [0.1, 0.15) is 10.4 Å². The number of halogens is 1. The summed E-state index contributed by atoms with van der Waals surface area (Å²) in [5.74, 6) is -1.20. The quantitative estimate of drug-likeness (QED) is 0.657. The molecule has 9 nitrogen and oxygen atoms in total. The standard InChI is InChI=1S/C12H8ClN5O4/c13-8-4-2-1-3-7(8)11(19)17-12(20)16-9-5-15-10(6-14-9)18(21)22/h1-6H,(H2,14,16,17,19,20). The molecule has 0 spiro atoms. The molecule has 1 heterocycles. The highest BCUT2D eigenvalue weighted by Crippen LogP contribution is 2.14. The highest BCUT2D eigenvalue weighted by molar-refractivity contribution is 6.34. The molecule has 0 atom stereocenters. The maximum Gasteiger partial charge on any atom is 0.382 e. The van der Waals surface area contributed by atoms with E-state index in [9.17, 15) is 19.7 Å². The molecule has 2 aromatic rings. The van der Waals surface area contributed by atoms with E-state index in [-0.39, 0.29) is 16.4 Å². The highest BCUT2D eigenvalue weighted by Gasteiger charge is 2.15. The molecule has 112 valence electrons. The fourth-order valence-electron chi connectivity index (χ4n) is 1.44. The fourth-order valence-corrected chi connectivity index (χ4v) is 1.66. The third-order valence-corrected chi connectivity index (χ3v) is 2.74. The molecule has 0 aliphatic carbocycles. The number of benzene rings is 1. The van der Waals surface area contributed by atoms with Crippen LogP contribution in [0.5, 0.6) is 0 Å². The second-order valence-electron chi connectivity index (χ2n) is 3.91. The van der Waals surface area contributed by atoms with Crippen LogP contribution >= 0.6 is 11.6 Å². The number of carbonyl (C=O) groups excluding carboxylic acids is 2. The summed E-state index contributed by atoms with van der Waals surface area (Å²) in [5, 5.41) is 14.9. The number of carbonyl (C=O) groups is 2. The summed E-state index contributed by atoms with van der Waals surface area (Å²) in [5.41, 5.74) is 0.133. The van der Waals surface area contributed by atoms with E-state index in [2.05, 4.69) is 15.3 Å². The van der Waals surface area contributed by atoms with Gasteiger partial charge in [0.2, 0.25) is 0 Å². The van der Waals surface area contributed by atoms with Crippen LogP contribution in [0.15, 0.2) is 36.7 Å². The molecule has 0 aliphatic rings. The molecule has 0 saturated carbocycles. The second kappa shape index (κ2) is 6.59. The molecule has 0 fully saturated rings. The number of hydrogen-bond acceptors (Lipinski definition) is 6. The van der Waals surface area contributed by atoms with Crippen molar-refractivity contribution in [3.8, 4) is 0 Å². The van der Waals surface area contributed by atoms with Crippen molar-refractivity contribution in [2.24, 2.45) is 0 Å². The lowest BCUT2D eigenvalue weighted by atomic mass is 10.2. The van der Waals surface area contributed by atoms with E-state index in [1.165, 1.54) is 12.1 Å². The molecule has 0 saturated heterocycles. The molecule has 22 heavy (non-hydrogen) atoms. The average Bonchev–Trinajstić information content (AvgIpc) is 2.48. The SMILES string of the molecule is O=C(NC(=O)c1ccccc1Cl)Nc1cnc([N+](=O)[O-])cn1. The molecule has 2 rings (SSSR count). The number of aromatic nitrogens is 2. The lowest BCUT2D eigenvalue weighted by molar-refractivity contribution is -0.389. The zero-order valence-electron chi connectivity index (χ0n) is 10.8. The Morgan fingerprint density at radius 2 is 1.91 bits per heavy atom. The van der Waals surface area contributed by atoms with Crippen LogP contribution in [-0.2, 0) is 0 Å². The Morgan fingerprint density at radius 3 is 2.50 bits per heavy atom. The van der Waals surface area contributed by atoms with E-state index in [0.29, 0.717) is 0 Å². The lowest BCUT2D eigenvalue weighted by Gasteiger charge is -2.06. The number of anilines is 1. The summed E-state index contributed by atoms with van der Waals surface area (Å²) in [7, 11) is 0. The van der Waals surface area contributed by atoms with Gasteiger partial charge in [-0.2, -0.15) is 0 Å². The number of nitro groups is 1. The molecular formula is C12H8ClN5O4. The van der Waals surface area contributed by atoms with Crippen molar-refractivity contribution in [3.63, 3.8) is 0 Å². The van der Waals surface area contributed by atoms with Gasteiger partial charge in [-0.1, -0.05) is 23.7 Å². The van der Waals surface area contributed by atoms with E-state index in [1.807, 2.05) is 5.32 Å². The first-order chi connectivity index (χ1) is 10.5. The van der Waals surface area contributed by atoms with Crippen LogP contribution in [0.25, 0.3) is 0 Å². The minimum Gasteiger partial charge on any atom is -0.358 e. The molecule has 1 aromatic heterocycles. The van der Waals surface area contributed by atoms with Crippen LogP contribution in [0, 0.1) is 10.1 Å². The summed E-state index contributed by atoms with van der Waals surface area (Å²) >= 11 is 5.83. The zero-order chi connectivity index (χ0) is 16.1. The first kappa shape index (κ1) is 15.3. The molecule has 0 unspecified atom stereocenters. The predicted octanol–water partition coefficient (Wildman–Crippen LogP) is 2.00. The topological polar surface area (TPSA) is 127 Å². The van der Waals surface area contributed by atoms with Gasteiger partial charge in [-0.25, -0.2) is 9.78 Å². The van der Waals surface area contributed by atoms with E-state index < -0.39 is 22.7 Å². The van der Waals surface area contributed by atoms with Crippen LogP contribution < -0.4 is 10.6 Å². The van der Waals surface area contributed by atoms with Crippen LogP contribution in [-0.4, -0.2) is 26.8 Å². The fraction of sp³-hybridized carbons (Fsp3) is 0. The van der Waals surface area contributed by atoms with Crippen molar-refractivity contribution in [3.05, 3.63) is 57.4 Å². The molecule has 0 aliphatic heterocycles. The van der Waals surface area contributed by atoms with Crippen LogP contribution in [0.4, 0.5) is 16.4 Å². The molecule has 0 bridgehead atoms. The summed E-state index contributed by atoms with van der Waals surface area (Å²) < 4.78 is 0.